The van der Waals surface area contributed by atoms with E-state index < -0.39 is 0 Å². The molecule has 0 aliphatic rings. The number of aryl methyl sites for hydroxylation is 2. The van der Waals surface area contributed by atoms with Crippen molar-refractivity contribution in [2.75, 3.05) is 5.75 Å². The summed E-state index contributed by atoms with van der Waals surface area (Å²) < 4.78 is 5.42. The summed E-state index contributed by atoms with van der Waals surface area (Å²) >= 11 is 5.16. The molecule has 2 heterocycles. The number of imidazole rings is 1. The molecule has 0 bridgehead atoms. The van der Waals surface area contributed by atoms with Crippen LogP contribution in [0.3, 0.4) is 0 Å². The third-order valence-electron chi connectivity index (χ3n) is 3.79. The Morgan fingerprint density at radius 3 is 2.79 bits per heavy atom. The van der Waals surface area contributed by atoms with Crippen molar-refractivity contribution < 1.29 is 0 Å². The van der Waals surface area contributed by atoms with Crippen molar-refractivity contribution in [3.63, 3.8) is 0 Å². The number of benzene rings is 1. The summed E-state index contributed by atoms with van der Waals surface area (Å²) in [4.78, 5) is 30.2. The minimum absolute atomic E-state index is 0.277. The molecule has 2 aromatic heterocycles. The maximum Gasteiger partial charge on any atom is 0.332 e. The molecule has 126 valence electrons. The molecule has 0 saturated heterocycles. The van der Waals surface area contributed by atoms with Crippen molar-refractivity contribution in [1.29, 1.82) is 0 Å². The molecular formula is C16H17BrN4O2S. The van der Waals surface area contributed by atoms with E-state index in [0.29, 0.717) is 17.7 Å². The minimum Gasteiger partial charge on any atom is -0.328 e. The number of thioether (sulfide) groups is 1. The predicted octanol–water partition coefficient (Wildman–Crippen LogP) is 2.38. The average molecular weight is 409 g/mol. The molecule has 0 spiro atoms. The van der Waals surface area contributed by atoms with Gasteiger partial charge in [-0.25, -0.2) is 9.78 Å². The predicted molar refractivity (Wildman–Crippen MR) is 99.7 cm³/mol. The largest absolute Gasteiger partial charge is 0.332 e. The number of nitrogens with zero attached hydrogens (tertiary/aromatic N) is 4. The van der Waals surface area contributed by atoms with Crippen molar-refractivity contribution in [1.82, 2.24) is 18.7 Å². The van der Waals surface area contributed by atoms with Crippen molar-refractivity contribution >= 4 is 38.9 Å². The van der Waals surface area contributed by atoms with Crippen molar-refractivity contribution in [3.8, 4) is 0 Å². The van der Waals surface area contributed by atoms with Crippen LogP contribution in [0.15, 0.2) is 49.6 Å². The molecule has 3 aromatic rings. The number of halogens is 1. The summed E-state index contributed by atoms with van der Waals surface area (Å²) in [5, 5.41) is 0. The number of aromatic nitrogens is 4. The lowest BCUT2D eigenvalue weighted by molar-refractivity contribution is 0.594. The number of rotatable bonds is 5. The summed E-state index contributed by atoms with van der Waals surface area (Å²) in [6.07, 6.45) is 2.29. The lowest BCUT2D eigenvalue weighted by Crippen LogP contribution is -2.39. The highest BCUT2D eigenvalue weighted by atomic mass is 79.9. The summed E-state index contributed by atoms with van der Waals surface area (Å²) in [6, 6.07) is 8.07. The van der Waals surface area contributed by atoms with Gasteiger partial charge in [0.25, 0.3) is 5.56 Å². The second-order valence-corrected chi connectivity index (χ2v) is 7.57. The molecule has 0 aliphatic carbocycles. The number of hydrogen-bond donors (Lipinski definition) is 0. The van der Waals surface area contributed by atoms with Gasteiger partial charge in [0.2, 0.25) is 0 Å². The molecule has 0 fully saturated rings. The number of fused-ring (bicyclic) bond motifs is 1. The van der Waals surface area contributed by atoms with Gasteiger partial charge in [0.15, 0.2) is 11.2 Å². The zero-order valence-corrected chi connectivity index (χ0v) is 15.8. The molecular weight excluding hydrogens is 392 g/mol. The fourth-order valence-electron chi connectivity index (χ4n) is 2.56. The van der Waals surface area contributed by atoms with Gasteiger partial charge >= 0.3 is 5.69 Å². The Kier molecular flexibility index (Phi) is 4.96. The first kappa shape index (κ1) is 17.0. The third-order valence-corrected chi connectivity index (χ3v) is 5.37. The Morgan fingerprint density at radius 1 is 1.25 bits per heavy atom. The highest BCUT2D eigenvalue weighted by Gasteiger charge is 2.14. The van der Waals surface area contributed by atoms with Crippen molar-refractivity contribution in [2.24, 2.45) is 14.1 Å². The van der Waals surface area contributed by atoms with E-state index in [1.54, 1.807) is 36.8 Å². The molecule has 0 unspecified atom stereocenters. The van der Waals surface area contributed by atoms with Gasteiger partial charge in [0.05, 0.1) is 6.33 Å². The normalized spacial score (nSPS) is 11.3. The Balaban J connectivity index is 1.77. The first-order valence-electron chi connectivity index (χ1n) is 7.48. The van der Waals surface area contributed by atoms with Crippen LogP contribution in [-0.2, 0) is 20.6 Å². The first-order valence-corrected chi connectivity index (χ1v) is 9.26. The fraction of sp³-hybridized carbons (Fsp3) is 0.312. The Labute approximate surface area is 151 Å². The van der Waals surface area contributed by atoms with E-state index in [-0.39, 0.29) is 11.2 Å². The van der Waals surface area contributed by atoms with Gasteiger partial charge in [-0.15, -0.1) is 11.8 Å². The van der Waals surface area contributed by atoms with Gasteiger partial charge in [-0.1, -0.05) is 22.0 Å². The van der Waals surface area contributed by atoms with Crippen LogP contribution in [-0.4, -0.2) is 24.4 Å². The number of hydrogen-bond acceptors (Lipinski definition) is 4. The van der Waals surface area contributed by atoms with E-state index in [9.17, 15) is 9.59 Å². The van der Waals surface area contributed by atoms with Gasteiger partial charge in [-0.05, 0) is 30.4 Å². The van der Waals surface area contributed by atoms with Gasteiger partial charge in [0, 0.05) is 30.0 Å². The highest BCUT2D eigenvalue weighted by Crippen LogP contribution is 2.22. The maximum atomic E-state index is 12.6. The molecule has 6 nitrogen and oxygen atoms in total. The molecule has 0 aliphatic heterocycles. The quantitative estimate of drug-likeness (QED) is 0.480. The standard InChI is InChI=1S/C16H17BrN4O2S/c1-19-10-18-14-13(19)15(22)21(16(23)20(14)2)7-4-8-24-12-6-3-5-11(17)9-12/h3,5-6,9-10H,4,7-8H2,1-2H3. The summed E-state index contributed by atoms with van der Waals surface area (Å²) in [5.74, 6) is 0.829. The van der Waals surface area contributed by atoms with E-state index in [2.05, 4.69) is 27.0 Å². The van der Waals surface area contributed by atoms with Crippen molar-refractivity contribution in [2.45, 2.75) is 17.9 Å². The van der Waals surface area contributed by atoms with Crippen LogP contribution >= 0.6 is 27.7 Å². The fourth-order valence-corrected chi connectivity index (χ4v) is 4.01. The second-order valence-electron chi connectivity index (χ2n) is 5.49. The van der Waals surface area contributed by atoms with Crippen LogP contribution in [0.2, 0.25) is 0 Å². The summed E-state index contributed by atoms with van der Waals surface area (Å²) in [6.45, 7) is 0.396. The third kappa shape index (κ3) is 3.21. The van der Waals surface area contributed by atoms with E-state index in [0.717, 1.165) is 21.5 Å². The SMILES string of the molecule is Cn1cnc2c1c(=O)n(CCCSc1cccc(Br)c1)c(=O)n2C. The summed E-state index contributed by atoms with van der Waals surface area (Å²) in [5.41, 5.74) is 0.281. The van der Waals surface area contributed by atoms with Gasteiger partial charge < -0.3 is 4.57 Å². The molecule has 0 atom stereocenters. The highest BCUT2D eigenvalue weighted by molar-refractivity contribution is 9.10. The topological polar surface area (TPSA) is 61.8 Å². The molecule has 0 saturated carbocycles. The van der Waals surface area contributed by atoms with Crippen LogP contribution in [0, 0.1) is 0 Å². The Hall–Kier alpha value is -1.80. The lowest BCUT2D eigenvalue weighted by atomic mass is 10.4. The Morgan fingerprint density at radius 2 is 2.04 bits per heavy atom. The van der Waals surface area contributed by atoms with Gasteiger partial charge in [0.1, 0.15) is 0 Å². The Bertz CT molecular complexity index is 1010. The van der Waals surface area contributed by atoms with Gasteiger partial charge in [-0.3, -0.25) is 13.9 Å². The smallest absolute Gasteiger partial charge is 0.328 e. The first-order chi connectivity index (χ1) is 11.5. The van der Waals surface area contributed by atoms with Gasteiger partial charge in [-0.2, -0.15) is 0 Å². The zero-order valence-electron chi connectivity index (χ0n) is 13.4. The van der Waals surface area contributed by atoms with E-state index in [1.807, 2.05) is 18.2 Å². The molecule has 8 heteroatoms. The molecule has 3 rings (SSSR count). The second kappa shape index (κ2) is 6.98. The molecule has 0 radical (unpaired) electrons. The maximum absolute atomic E-state index is 12.6. The van der Waals surface area contributed by atoms with Crippen LogP contribution in [0.4, 0.5) is 0 Å². The van der Waals surface area contributed by atoms with Crippen LogP contribution < -0.4 is 11.2 Å². The van der Waals surface area contributed by atoms with E-state index >= 15 is 0 Å². The summed E-state index contributed by atoms with van der Waals surface area (Å²) in [7, 11) is 3.40. The minimum atomic E-state index is -0.321. The van der Waals surface area contributed by atoms with Crippen LogP contribution in [0.1, 0.15) is 6.42 Å². The van der Waals surface area contributed by atoms with Crippen LogP contribution in [0.5, 0.6) is 0 Å². The molecule has 24 heavy (non-hydrogen) atoms. The average Bonchev–Trinajstić information content (AvgIpc) is 2.94. The molecule has 0 N–H and O–H groups in total. The lowest BCUT2D eigenvalue weighted by Gasteiger charge is -2.08. The molecule has 0 amide bonds. The monoisotopic (exact) mass is 408 g/mol. The van der Waals surface area contributed by atoms with Crippen LogP contribution in [0.25, 0.3) is 11.2 Å². The zero-order chi connectivity index (χ0) is 17.3. The van der Waals surface area contributed by atoms with Crippen molar-refractivity contribution in [3.05, 3.63) is 55.9 Å². The van der Waals surface area contributed by atoms with E-state index in [1.165, 1.54) is 9.13 Å². The van der Waals surface area contributed by atoms with E-state index in [4.69, 9.17) is 0 Å². The molecule has 1 aromatic carbocycles.